The zero-order valence-electron chi connectivity index (χ0n) is 16.5. The van der Waals surface area contributed by atoms with E-state index in [1.54, 1.807) is 6.20 Å². The number of hydrogen-bond donors (Lipinski definition) is 1. The summed E-state index contributed by atoms with van der Waals surface area (Å²) in [5, 5.41) is 3.34. The molecule has 3 amide bonds. The van der Waals surface area contributed by atoms with E-state index < -0.39 is 0 Å². The summed E-state index contributed by atoms with van der Waals surface area (Å²) in [5.74, 6) is -0.744. The summed E-state index contributed by atoms with van der Waals surface area (Å²) in [5.41, 5.74) is 2.42. The number of likely N-dealkylation sites (tertiary alicyclic amines) is 1. The number of anilines is 1. The summed E-state index contributed by atoms with van der Waals surface area (Å²) in [6.45, 7) is 2.21. The van der Waals surface area contributed by atoms with Crippen molar-refractivity contribution in [2.45, 2.75) is 45.4 Å². The molecule has 7 heteroatoms. The van der Waals surface area contributed by atoms with E-state index in [-0.39, 0.29) is 42.5 Å². The third kappa shape index (κ3) is 4.40. The van der Waals surface area contributed by atoms with Gasteiger partial charge in [0.25, 0.3) is 0 Å². The average molecular weight is 412 g/mol. The van der Waals surface area contributed by atoms with Gasteiger partial charge in [-0.25, -0.2) is 4.98 Å². The minimum atomic E-state index is -0.225. The molecule has 0 unspecified atom stereocenters. The van der Waals surface area contributed by atoms with E-state index in [2.05, 4.69) is 35.4 Å². The topological polar surface area (TPSA) is 79.4 Å². The fourth-order valence-corrected chi connectivity index (χ4v) is 5.18. The summed E-state index contributed by atoms with van der Waals surface area (Å²) in [7, 11) is 0. The fraction of sp³-hybridized carbons (Fsp3) is 0.455. The second-order valence-electron chi connectivity index (χ2n) is 7.92. The first kappa shape index (κ1) is 19.8. The lowest BCUT2D eigenvalue weighted by Gasteiger charge is -2.19. The van der Waals surface area contributed by atoms with E-state index in [0.717, 1.165) is 37.0 Å². The number of rotatable bonds is 6. The standard InChI is InChI=1S/C22H25N3O3S/c1-14-5-4-6-15(11-14)12-16-13-23-22(29-16)24-19(26)9-10-25-20(27)17-7-2-3-8-18(17)21(25)28/h4-6,11,13,17-18H,2-3,7-10,12H2,1H3,(H,23,24,26)/t17-,18-/m0/s1. The largest absolute Gasteiger partial charge is 0.302 e. The van der Waals surface area contributed by atoms with Crippen LogP contribution in [0, 0.1) is 18.8 Å². The maximum atomic E-state index is 12.5. The van der Waals surface area contributed by atoms with E-state index in [1.807, 2.05) is 6.07 Å². The van der Waals surface area contributed by atoms with Gasteiger partial charge in [0, 0.05) is 30.5 Å². The van der Waals surface area contributed by atoms with Crippen molar-refractivity contribution in [3.05, 3.63) is 46.5 Å². The first-order chi connectivity index (χ1) is 14.0. The molecular weight excluding hydrogens is 386 g/mol. The maximum absolute atomic E-state index is 12.5. The van der Waals surface area contributed by atoms with Gasteiger partial charge in [-0.3, -0.25) is 19.3 Å². The van der Waals surface area contributed by atoms with Crippen LogP contribution in [0.2, 0.25) is 0 Å². The minimum Gasteiger partial charge on any atom is -0.302 e. The number of fused-ring (bicyclic) bond motifs is 1. The molecule has 1 saturated carbocycles. The zero-order valence-corrected chi connectivity index (χ0v) is 17.3. The molecule has 152 valence electrons. The fourth-order valence-electron chi connectivity index (χ4n) is 4.32. The molecule has 4 rings (SSSR count). The van der Waals surface area contributed by atoms with Crippen LogP contribution in [-0.2, 0) is 20.8 Å². The molecule has 1 aliphatic carbocycles. The summed E-state index contributed by atoms with van der Waals surface area (Å²) in [4.78, 5) is 43.9. The molecule has 2 atom stereocenters. The van der Waals surface area contributed by atoms with Crippen molar-refractivity contribution >= 4 is 34.2 Å². The third-order valence-electron chi connectivity index (χ3n) is 5.76. The van der Waals surface area contributed by atoms with Gasteiger partial charge in [-0.15, -0.1) is 11.3 Å². The first-order valence-electron chi connectivity index (χ1n) is 10.2. The Labute approximate surface area is 174 Å². The predicted octanol–water partition coefficient (Wildman–Crippen LogP) is 3.55. The number of imide groups is 1. The van der Waals surface area contributed by atoms with Crippen molar-refractivity contribution in [3.8, 4) is 0 Å². The van der Waals surface area contributed by atoms with Gasteiger partial charge in [0.2, 0.25) is 17.7 Å². The van der Waals surface area contributed by atoms with Gasteiger partial charge in [0.05, 0.1) is 11.8 Å². The Bertz CT molecular complexity index is 915. The Morgan fingerprint density at radius 2 is 1.93 bits per heavy atom. The van der Waals surface area contributed by atoms with Crippen LogP contribution in [-0.4, -0.2) is 34.2 Å². The number of hydrogen-bond acceptors (Lipinski definition) is 5. The van der Waals surface area contributed by atoms with E-state index >= 15 is 0 Å². The number of aryl methyl sites for hydroxylation is 1. The van der Waals surface area contributed by atoms with Crippen LogP contribution >= 0.6 is 11.3 Å². The number of thiazole rings is 1. The molecule has 29 heavy (non-hydrogen) atoms. The van der Waals surface area contributed by atoms with Crippen molar-refractivity contribution in [3.63, 3.8) is 0 Å². The number of carbonyl (C=O) groups excluding carboxylic acids is 3. The molecule has 2 fully saturated rings. The van der Waals surface area contributed by atoms with Gasteiger partial charge in [0.1, 0.15) is 0 Å². The number of benzene rings is 1. The highest BCUT2D eigenvalue weighted by Crippen LogP contribution is 2.38. The van der Waals surface area contributed by atoms with E-state index in [1.165, 1.54) is 27.4 Å². The van der Waals surface area contributed by atoms with E-state index in [4.69, 9.17) is 0 Å². The molecule has 1 aliphatic heterocycles. The highest BCUT2D eigenvalue weighted by atomic mass is 32.1. The van der Waals surface area contributed by atoms with Crippen molar-refractivity contribution in [2.24, 2.45) is 11.8 Å². The van der Waals surface area contributed by atoms with Gasteiger partial charge in [0.15, 0.2) is 5.13 Å². The molecule has 0 bridgehead atoms. The normalized spacial score (nSPS) is 21.3. The summed E-state index contributed by atoms with van der Waals surface area (Å²) in [6, 6.07) is 8.31. The summed E-state index contributed by atoms with van der Waals surface area (Å²) >= 11 is 1.45. The second-order valence-corrected chi connectivity index (χ2v) is 9.04. The minimum absolute atomic E-state index is 0.0952. The lowest BCUT2D eigenvalue weighted by atomic mass is 9.81. The van der Waals surface area contributed by atoms with Crippen LogP contribution in [0.4, 0.5) is 5.13 Å². The maximum Gasteiger partial charge on any atom is 0.233 e. The van der Waals surface area contributed by atoms with Crippen molar-refractivity contribution < 1.29 is 14.4 Å². The first-order valence-corrected chi connectivity index (χ1v) is 11.0. The lowest BCUT2D eigenvalue weighted by molar-refractivity contribution is -0.140. The predicted molar refractivity (Wildman–Crippen MR) is 112 cm³/mol. The Balaban J connectivity index is 1.30. The van der Waals surface area contributed by atoms with E-state index in [0.29, 0.717) is 5.13 Å². The Kier molecular flexibility index (Phi) is 5.76. The number of amides is 3. The molecule has 0 radical (unpaired) electrons. The van der Waals surface area contributed by atoms with Crippen molar-refractivity contribution in [1.29, 1.82) is 0 Å². The van der Waals surface area contributed by atoms with Crippen LogP contribution in [0.1, 0.15) is 48.1 Å². The third-order valence-corrected chi connectivity index (χ3v) is 6.67. The summed E-state index contributed by atoms with van der Waals surface area (Å²) < 4.78 is 0. The van der Waals surface area contributed by atoms with Crippen molar-refractivity contribution in [2.75, 3.05) is 11.9 Å². The SMILES string of the molecule is Cc1cccc(Cc2cnc(NC(=O)CCN3C(=O)[C@H]4CCCC[C@@H]4C3=O)s2)c1. The Morgan fingerprint density at radius 1 is 1.21 bits per heavy atom. The molecular formula is C22H25N3O3S. The van der Waals surface area contributed by atoms with Gasteiger partial charge in [-0.2, -0.15) is 0 Å². The van der Waals surface area contributed by atoms with Crippen LogP contribution in [0.15, 0.2) is 30.5 Å². The van der Waals surface area contributed by atoms with Crippen LogP contribution < -0.4 is 5.32 Å². The lowest BCUT2D eigenvalue weighted by Crippen LogP contribution is -2.34. The summed E-state index contributed by atoms with van der Waals surface area (Å²) in [6.07, 6.45) is 6.24. The molecule has 0 spiro atoms. The Hall–Kier alpha value is -2.54. The van der Waals surface area contributed by atoms with Crippen LogP contribution in [0.25, 0.3) is 0 Å². The number of nitrogens with zero attached hydrogens (tertiary/aromatic N) is 2. The highest BCUT2D eigenvalue weighted by molar-refractivity contribution is 7.15. The molecule has 1 N–H and O–H groups in total. The molecule has 2 aromatic rings. The van der Waals surface area contributed by atoms with Gasteiger partial charge < -0.3 is 5.32 Å². The van der Waals surface area contributed by atoms with Crippen LogP contribution in [0.3, 0.4) is 0 Å². The highest BCUT2D eigenvalue weighted by Gasteiger charge is 2.47. The van der Waals surface area contributed by atoms with E-state index in [9.17, 15) is 14.4 Å². The van der Waals surface area contributed by atoms with Gasteiger partial charge in [-0.1, -0.05) is 42.7 Å². The number of nitrogens with one attached hydrogen (secondary N) is 1. The molecule has 1 aromatic heterocycles. The molecule has 2 aliphatic rings. The average Bonchev–Trinajstić information content (AvgIpc) is 3.23. The Morgan fingerprint density at radius 3 is 2.62 bits per heavy atom. The molecule has 6 nitrogen and oxygen atoms in total. The van der Waals surface area contributed by atoms with Gasteiger partial charge >= 0.3 is 0 Å². The monoisotopic (exact) mass is 411 g/mol. The quantitative estimate of drug-likeness (QED) is 0.738. The molecule has 1 aromatic carbocycles. The zero-order chi connectivity index (χ0) is 20.4. The second kappa shape index (κ2) is 8.45. The smallest absolute Gasteiger partial charge is 0.233 e. The van der Waals surface area contributed by atoms with Crippen LogP contribution in [0.5, 0.6) is 0 Å². The van der Waals surface area contributed by atoms with Crippen molar-refractivity contribution in [1.82, 2.24) is 9.88 Å². The number of aromatic nitrogens is 1. The van der Waals surface area contributed by atoms with Gasteiger partial charge in [-0.05, 0) is 25.3 Å². The molecule has 1 saturated heterocycles. The number of carbonyl (C=O) groups is 3. The molecule has 2 heterocycles.